The van der Waals surface area contributed by atoms with E-state index in [1.54, 1.807) is 4.68 Å². The molecule has 4 rings (SSSR count). The third-order valence-electron chi connectivity index (χ3n) is 5.26. The molecular formula is C19H25N5O2. The fourth-order valence-electron chi connectivity index (χ4n) is 3.83. The fourth-order valence-corrected chi connectivity index (χ4v) is 3.83. The van der Waals surface area contributed by atoms with Crippen molar-refractivity contribution in [3.05, 3.63) is 35.7 Å². The van der Waals surface area contributed by atoms with Crippen LogP contribution in [0.4, 0.5) is 0 Å². The molecule has 138 valence electrons. The van der Waals surface area contributed by atoms with E-state index in [4.69, 9.17) is 4.74 Å². The minimum atomic E-state index is -0.138. The Morgan fingerprint density at radius 2 is 2.00 bits per heavy atom. The van der Waals surface area contributed by atoms with Gasteiger partial charge < -0.3 is 15.4 Å². The molecule has 1 aliphatic carbocycles. The lowest BCUT2D eigenvalue weighted by Gasteiger charge is -2.54. The van der Waals surface area contributed by atoms with Gasteiger partial charge in [-0.15, -0.1) is 5.10 Å². The molecule has 1 spiro atoms. The molecule has 2 N–H and O–H groups in total. The van der Waals surface area contributed by atoms with E-state index >= 15 is 0 Å². The molecule has 2 aliphatic rings. The van der Waals surface area contributed by atoms with Crippen LogP contribution < -0.4 is 15.4 Å². The van der Waals surface area contributed by atoms with Crippen LogP contribution in [-0.4, -0.2) is 46.1 Å². The maximum atomic E-state index is 12.5. The van der Waals surface area contributed by atoms with Gasteiger partial charge in [0.2, 0.25) is 0 Å². The SMILES string of the molecule is Cc1c(C(=O)NC2CC3(CNC3)C2)nnn1-c1ccc(OC(C)C)cc1. The number of rotatable bonds is 5. The first-order valence-corrected chi connectivity index (χ1v) is 9.17. The van der Waals surface area contributed by atoms with Crippen molar-refractivity contribution in [2.75, 3.05) is 13.1 Å². The van der Waals surface area contributed by atoms with Crippen molar-refractivity contribution >= 4 is 5.91 Å². The van der Waals surface area contributed by atoms with E-state index in [-0.39, 0.29) is 18.1 Å². The summed E-state index contributed by atoms with van der Waals surface area (Å²) >= 11 is 0. The molecule has 7 nitrogen and oxygen atoms in total. The van der Waals surface area contributed by atoms with Crippen molar-refractivity contribution < 1.29 is 9.53 Å². The maximum Gasteiger partial charge on any atom is 0.273 e. The van der Waals surface area contributed by atoms with Crippen LogP contribution in [0.1, 0.15) is 42.9 Å². The Hall–Kier alpha value is -2.41. The molecule has 1 aromatic carbocycles. The molecule has 1 saturated carbocycles. The molecule has 1 saturated heterocycles. The lowest BCUT2D eigenvalue weighted by atomic mass is 9.61. The highest BCUT2D eigenvalue weighted by atomic mass is 16.5. The van der Waals surface area contributed by atoms with Gasteiger partial charge in [-0.05, 0) is 63.3 Å². The topological polar surface area (TPSA) is 81.1 Å². The Kier molecular flexibility index (Phi) is 4.19. The Morgan fingerprint density at radius 3 is 2.58 bits per heavy atom. The highest BCUT2D eigenvalue weighted by Gasteiger charge is 2.48. The summed E-state index contributed by atoms with van der Waals surface area (Å²) < 4.78 is 7.34. The molecule has 7 heteroatoms. The first-order valence-electron chi connectivity index (χ1n) is 9.17. The number of hydrogen-bond acceptors (Lipinski definition) is 5. The van der Waals surface area contributed by atoms with Crippen molar-refractivity contribution in [3.8, 4) is 11.4 Å². The van der Waals surface area contributed by atoms with Crippen molar-refractivity contribution in [2.24, 2.45) is 5.41 Å². The summed E-state index contributed by atoms with van der Waals surface area (Å²) in [6.45, 7) is 8.00. The average Bonchev–Trinajstić information content (AvgIpc) is 2.90. The zero-order valence-corrected chi connectivity index (χ0v) is 15.5. The summed E-state index contributed by atoms with van der Waals surface area (Å²) in [5.74, 6) is 0.671. The quantitative estimate of drug-likeness (QED) is 0.855. The largest absolute Gasteiger partial charge is 0.491 e. The van der Waals surface area contributed by atoms with E-state index in [1.165, 1.54) is 0 Å². The molecule has 1 aromatic heterocycles. The van der Waals surface area contributed by atoms with Gasteiger partial charge in [-0.3, -0.25) is 4.79 Å². The zero-order chi connectivity index (χ0) is 18.3. The van der Waals surface area contributed by atoms with Gasteiger partial charge in [0.1, 0.15) is 5.75 Å². The summed E-state index contributed by atoms with van der Waals surface area (Å²) in [7, 11) is 0. The number of ether oxygens (including phenoxy) is 1. The predicted octanol–water partition coefficient (Wildman–Crippen LogP) is 1.84. The fraction of sp³-hybridized carbons (Fsp3) is 0.526. The van der Waals surface area contributed by atoms with Gasteiger partial charge in [-0.2, -0.15) is 0 Å². The second kappa shape index (κ2) is 6.39. The molecular weight excluding hydrogens is 330 g/mol. The number of nitrogens with one attached hydrogen (secondary N) is 2. The van der Waals surface area contributed by atoms with Crippen molar-refractivity contribution in [1.29, 1.82) is 0 Å². The molecule has 0 atom stereocenters. The number of amides is 1. The number of carbonyl (C=O) groups excluding carboxylic acids is 1. The molecule has 1 amide bonds. The van der Waals surface area contributed by atoms with Crippen LogP contribution in [0, 0.1) is 12.3 Å². The number of carbonyl (C=O) groups is 1. The second-order valence-corrected chi connectivity index (χ2v) is 7.78. The third-order valence-corrected chi connectivity index (χ3v) is 5.26. The van der Waals surface area contributed by atoms with Gasteiger partial charge in [-0.25, -0.2) is 4.68 Å². The van der Waals surface area contributed by atoms with Crippen molar-refractivity contribution in [2.45, 2.75) is 45.8 Å². The zero-order valence-electron chi connectivity index (χ0n) is 15.5. The van der Waals surface area contributed by atoms with E-state index in [1.807, 2.05) is 45.0 Å². The monoisotopic (exact) mass is 355 g/mol. The van der Waals surface area contributed by atoms with Gasteiger partial charge in [0.15, 0.2) is 5.69 Å². The van der Waals surface area contributed by atoms with Crippen LogP contribution in [0.5, 0.6) is 5.75 Å². The normalized spacial score (nSPS) is 18.5. The van der Waals surface area contributed by atoms with Gasteiger partial charge in [0.05, 0.1) is 17.5 Å². The number of aromatic nitrogens is 3. The molecule has 2 fully saturated rings. The highest BCUT2D eigenvalue weighted by Crippen LogP contribution is 2.44. The molecule has 0 radical (unpaired) electrons. The summed E-state index contributed by atoms with van der Waals surface area (Å²) in [6, 6.07) is 7.88. The van der Waals surface area contributed by atoms with Crippen LogP contribution in [-0.2, 0) is 0 Å². The summed E-state index contributed by atoms with van der Waals surface area (Å²) in [5, 5.41) is 14.7. The number of nitrogens with zero attached hydrogens (tertiary/aromatic N) is 3. The van der Waals surface area contributed by atoms with E-state index in [9.17, 15) is 4.79 Å². The number of benzene rings is 1. The van der Waals surface area contributed by atoms with Gasteiger partial charge >= 0.3 is 0 Å². The third kappa shape index (κ3) is 3.07. The second-order valence-electron chi connectivity index (χ2n) is 7.78. The lowest BCUT2D eigenvalue weighted by Crippen LogP contribution is -2.65. The predicted molar refractivity (Wildman–Crippen MR) is 97.7 cm³/mol. The molecule has 2 heterocycles. The molecule has 26 heavy (non-hydrogen) atoms. The lowest BCUT2D eigenvalue weighted by molar-refractivity contribution is 0.0231. The van der Waals surface area contributed by atoms with Crippen LogP contribution in [0.15, 0.2) is 24.3 Å². The van der Waals surface area contributed by atoms with Gasteiger partial charge in [0.25, 0.3) is 5.91 Å². The van der Waals surface area contributed by atoms with E-state index in [0.29, 0.717) is 11.1 Å². The molecule has 2 aromatic rings. The molecule has 1 aliphatic heterocycles. The first-order chi connectivity index (χ1) is 12.5. The van der Waals surface area contributed by atoms with Crippen LogP contribution in [0.3, 0.4) is 0 Å². The molecule has 0 bridgehead atoms. The van der Waals surface area contributed by atoms with Gasteiger partial charge in [0, 0.05) is 19.1 Å². The van der Waals surface area contributed by atoms with E-state index in [0.717, 1.165) is 43.1 Å². The summed E-state index contributed by atoms with van der Waals surface area (Å²) in [4.78, 5) is 12.5. The van der Waals surface area contributed by atoms with Crippen LogP contribution in [0.25, 0.3) is 5.69 Å². The Labute approximate surface area is 153 Å². The highest BCUT2D eigenvalue weighted by molar-refractivity contribution is 5.93. The minimum Gasteiger partial charge on any atom is -0.491 e. The summed E-state index contributed by atoms with van der Waals surface area (Å²) in [6.07, 6.45) is 2.23. The Balaban J connectivity index is 1.43. The van der Waals surface area contributed by atoms with E-state index < -0.39 is 0 Å². The maximum absolute atomic E-state index is 12.5. The summed E-state index contributed by atoms with van der Waals surface area (Å²) in [5.41, 5.74) is 2.41. The van der Waals surface area contributed by atoms with Crippen LogP contribution in [0.2, 0.25) is 0 Å². The van der Waals surface area contributed by atoms with Crippen LogP contribution >= 0.6 is 0 Å². The average molecular weight is 355 g/mol. The smallest absolute Gasteiger partial charge is 0.273 e. The molecule has 0 unspecified atom stereocenters. The Morgan fingerprint density at radius 1 is 1.31 bits per heavy atom. The minimum absolute atomic E-state index is 0.130. The van der Waals surface area contributed by atoms with Crippen molar-refractivity contribution in [1.82, 2.24) is 25.6 Å². The standard InChI is InChI=1S/C19H25N5O2/c1-12(2)26-16-6-4-15(5-7-16)24-13(3)17(22-23-24)18(25)21-14-8-19(9-14)10-20-11-19/h4-7,12,14,20H,8-11H2,1-3H3,(H,21,25). The Bertz CT molecular complexity index is 800. The number of hydrogen-bond donors (Lipinski definition) is 2. The van der Waals surface area contributed by atoms with Crippen molar-refractivity contribution in [3.63, 3.8) is 0 Å². The first kappa shape index (κ1) is 17.0. The van der Waals surface area contributed by atoms with E-state index in [2.05, 4.69) is 20.9 Å². The van der Waals surface area contributed by atoms with Gasteiger partial charge in [-0.1, -0.05) is 5.21 Å².